The van der Waals surface area contributed by atoms with E-state index in [1.165, 1.54) is 16.9 Å². The van der Waals surface area contributed by atoms with Gasteiger partial charge in [0.1, 0.15) is 0 Å². The topological polar surface area (TPSA) is 84.8 Å². The lowest BCUT2D eigenvalue weighted by Crippen LogP contribution is -1.97. The zero-order valence-corrected chi connectivity index (χ0v) is 8.78. The molecule has 0 aliphatic heterocycles. The molecule has 2 rings (SSSR count). The fourth-order valence-electron chi connectivity index (χ4n) is 1.46. The Morgan fingerprint density at radius 2 is 2.29 bits per heavy atom. The van der Waals surface area contributed by atoms with Crippen LogP contribution in [0.2, 0.25) is 0 Å². The van der Waals surface area contributed by atoms with E-state index in [9.17, 15) is 10.1 Å². The number of rotatable bonds is 3. The first-order valence-electron chi connectivity index (χ1n) is 4.87. The van der Waals surface area contributed by atoms with Gasteiger partial charge in [-0.25, -0.2) is 0 Å². The molecule has 0 saturated carbocycles. The van der Waals surface area contributed by atoms with Crippen molar-refractivity contribution in [2.24, 2.45) is 0 Å². The van der Waals surface area contributed by atoms with Crippen LogP contribution >= 0.6 is 0 Å². The van der Waals surface area contributed by atoms with Gasteiger partial charge in [0.25, 0.3) is 0 Å². The number of nitro groups is 1. The molecule has 0 amide bonds. The van der Waals surface area contributed by atoms with Crippen molar-refractivity contribution in [1.29, 1.82) is 5.26 Å². The molecular weight excluding hydrogens is 220 g/mol. The van der Waals surface area contributed by atoms with Gasteiger partial charge in [0.05, 0.1) is 35.5 Å². The molecule has 1 aromatic carbocycles. The third-order valence-corrected chi connectivity index (χ3v) is 2.22. The molecule has 0 spiro atoms. The second-order valence-corrected chi connectivity index (χ2v) is 3.38. The maximum absolute atomic E-state index is 10.5. The van der Waals surface area contributed by atoms with Crippen molar-refractivity contribution in [3.63, 3.8) is 0 Å². The van der Waals surface area contributed by atoms with Crippen LogP contribution in [0.15, 0.2) is 36.5 Å². The van der Waals surface area contributed by atoms with Crippen LogP contribution in [0, 0.1) is 21.4 Å². The van der Waals surface area contributed by atoms with Crippen molar-refractivity contribution in [3.8, 4) is 11.8 Å². The number of hydrogen-bond donors (Lipinski definition) is 0. The minimum Gasteiger partial charge on any atom is -0.358 e. The Bertz CT molecular complexity index is 598. The Balaban J connectivity index is 2.35. The van der Waals surface area contributed by atoms with Crippen LogP contribution in [-0.2, 0) is 6.42 Å². The second kappa shape index (κ2) is 4.45. The fourth-order valence-corrected chi connectivity index (χ4v) is 1.46. The Kier molecular flexibility index (Phi) is 2.83. The van der Waals surface area contributed by atoms with Crippen LogP contribution in [0.3, 0.4) is 0 Å². The molecule has 1 heterocycles. The van der Waals surface area contributed by atoms with Crippen LogP contribution < -0.4 is 0 Å². The summed E-state index contributed by atoms with van der Waals surface area (Å²) in [6.07, 6.45) is 1.82. The summed E-state index contributed by atoms with van der Waals surface area (Å²) in [4.78, 5) is 9.96. The molecule has 0 aliphatic carbocycles. The van der Waals surface area contributed by atoms with Gasteiger partial charge in [0.15, 0.2) is 0 Å². The number of benzene rings is 1. The van der Waals surface area contributed by atoms with Crippen LogP contribution in [0.25, 0.3) is 5.69 Å². The lowest BCUT2D eigenvalue weighted by Gasteiger charge is -1.98. The Morgan fingerprint density at radius 1 is 1.47 bits per heavy atom. The molecule has 0 saturated heterocycles. The fraction of sp³-hybridized carbons (Fsp3) is 0.0909. The van der Waals surface area contributed by atoms with Gasteiger partial charge in [-0.1, -0.05) is 12.1 Å². The summed E-state index contributed by atoms with van der Waals surface area (Å²) < 4.78 is 1.42. The Hall–Kier alpha value is -2.68. The van der Waals surface area contributed by atoms with Gasteiger partial charge >= 0.3 is 5.82 Å². The number of aromatic nitrogens is 2. The molecule has 0 bridgehead atoms. The number of nitriles is 1. The average Bonchev–Trinajstić information content (AvgIpc) is 2.79. The van der Waals surface area contributed by atoms with Crippen molar-refractivity contribution in [1.82, 2.24) is 9.78 Å². The third kappa shape index (κ3) is 2.29. The van der Waals surface area contributed by atoms with Crippen LogP contribution in [0.1, 0.15) is 5.56 Å². The van der Waals surface area contributed by atoms with E-state index in [1.54, 1.807) is 18.2 Å². The minimum absolute atomic E-state index is 0.198. The smallest absolute Gasteiger partial charge is 0.358 e. The van der Waals surface area contributed by atoms with Crippen molar-refractivity contribution in [2.45, 2.75) is 6.42 Å². The van der Waals surface area contributed by atoms with Crippen LogP contribution in [0.4, 0.5) is 5.82 Å². The lowest BCUT2D eigenvalue weighted by molar-refractivity contribution is -0.389. The zero-order chi connectivity index (χ0) is 12.3. The van der Waals surface area contributed by atoms with Crippen molar-refractivity contribution in [2.75, 3.05) is 0 Å². The molecule has 0 N–H and O–H groups in total. The van der Waals surface area contributed by atoms with E-state index in [0.29, 0.717) is 12.1 Å². The lowest BCUT2D eigenvalue weighted by atomic mass is 10.1. The largest absolute Gasteiger partial charge is 0.390 e. The van der Waals surface area contributed by atoms with E-state index in [4.69, 9.17) is 5.26 Å². The highest BCUT2D eigenvalue weighted by Gasteiger charge is 2.11. The first-order valence-corrected chi connectivity index (χ1v) is 4.87. The van der Waals surface area contributed by atoms with Crippen molar-refractivity contribution >= 4 is 5.82 Å². The van der Waals surface area contributed by atoms with Gasteiger partial charge in [0.2, 0.25) is 0 Å². The summed E-state index contributed by atoms with van der Waals surface area (Å²) in [5.41, 5.74) is 1.55. The van der Waals surface area contributed by atoms with Crippen LogP contribution in [-0.4, -0.2) is 14.7 Å². The summed E-state index contributed by atoms with van der Waals surface area (Å²) in [5, 5.41) is 22.9. The number of hydrogen-bond acceptors (Lipinski definition) is 4. The van der Waals surface area contributed by atoms with E-state index in [0.717, 1.165) is 5.56 Å². The predicted molar refractivity (Wildman–Crippen MR) is 59.5 cm³/mol. The highest BCUT2D eigenvalue weighted by Crippen LogP contribution is 2.13. The van der Waals surface area contributed by atoms with Crippen molar-refractivity contribution in [3.05, 3.63) is 52.2 Å². The van der Waals surface area contributed by atoms with E-state index in [2.05, 4.69) is 5.10 Å². The van der Waals surface area contributed by atoms with Gasteiger partial charge in [-0.15, -0.1) is 4.68 Å². The Labute approximate surface area is 96.9 Å². The first-order chi connectivity index (χ1) is 8.20. The predicted octanol–water partition coefficient (Wildman–Crippen LogP) is 1.85. The van der Waals surface area contributed by atoms with E-state index in [-0.39, 0.29) is 5.82 Å². The second-order valence-electron chi connectivity index (χ2n) is 3.38. The summed E-state index contributed by atoms with van der Waals surface area (Å²) >= 11 is 0. The molecule has 6 nitrogen and oxygen atoms in total. The molecule has 0 radical (unpaired) electrons. The standard InChI is InChI=1S/C11H8N4O2/c12-6-4-9-2-1-3-10(8-9)14-7-5-11(13-14)15(16)17/h1-3,5,7-8H,4H2. The van der Waals surface area contributed by atoms with Gasteiger partial charge in [-0.2, -0.15) is 5.26 Å². The molecule has 2 aromatic rings. The first kappa shape index (κ1) is 10.8. The molecule has 84 valence electrons. The Morgan fingerprint density at radius 3 is 2.94 bits per heavy atom. The highest BCUT2D eigenvalue weighted by atomic mass is 16.6. The molecule has 0 unspecified atom stereocenters. The number of nitrogens with zero attached hydrogens (tertiary/aromatic N) is 4. The zero-order valence-electron chi connectivity index (χ0n) is 8.78. The van der Waals surface area contributed by atoms with Crippen molar-refractivity contribution < 1.29 is 4.92 Å². The van der Waals surface area contributed by atoms with E-state index in [1.807, 2.05) is 12.1 Å². The minimum atomic E-state index is -0.546. The van der Waals surface area contributed by atoms with E-state index >= 15 is 0 Å². The summed E-state index contributed by atoms with van der Waals surface area (Å²) in [7, 11) is 0. The molecular formula is C11H8N4O2. The molecule has 0 fully saturated rings. The van der Waals surface area contributed by atoms with Gasteiger partial charge < -0.3 is 10.1 Å². The van der Waals surface area contributed by atoms with Crippen LogP contribution in [0.5, 0.6) is 0 Å². The SMILES string of the molecule is N#CCc1cccc(-n2ccc([N+](=O)[O-])n2)c1. The maximum atomic E-state index is 10.5. The highest BCUT2D eigenvalue weighted by molar-refractivity contribution is 5.37. The van der Waals surface area contributed by atoms with E-state index < -0.39 is 4.92 Å². The molecule has 0 atom stereocenters. The normalized spacial score (nSPS) is 9.82. The van der Waals surface area contributed by atoms with Gasteiger partial charge in [-0.3, -0.25) is 0 Å². The maximum Gasteiger partial charge on any atom is 0.390 e. The molecule has 1 aromatic heterocycles. The monoisotopic (exact) mass is 228 g/mol. The van der Waals surface area contributed by atoms with Gasteiger partial charge in [-0.05, 0) is 22.6 Å². The third-order valence-electron chi connectivity index (χ3n) is 2.22. The quantitative estimate of drug-likeness (QED) is 0.592. The molecule has 0 aliphatic rings. The van der Waals surface area contributed by atoms with Gasteiger partial charge in [0, 0.05) is 0 Å². The molecule has 17 heavy (non-hydrogen) atoms. The summed E-state index contributed by atoms with van der Waals surface area (Å²) in [6.45, 7) is 0. The summed E-state index contributed by atoms with van der Waals surface area (Å²) in [5.74, 6) is -0.198. The summed E-state index contributed by atoms with van der Waals surface area (Å²) in [6, 6.07) is 10.5. The molecule has 6 heteroatoms. The average molecular weight is 228 g/mol.